The number of piperazine rings is 1. The minimum atomic E-state index is 0.165. The highest BCUT2D eigenvalue weighted by Gasteiger charge is 2.25. The minimum absolute atomic E-state index is 0.165. The second kappa shape index (κ2) is 6.25. The van der Waals surface area contributed by atoms with E-state index in [9.17, 15) is 0 Å². The summed E-state index contributed by atoms with van der Waals surface area (Å²) in [7, 11) is 2.09. The predicted molar refractivity (Wildman–Crippen MR) is 87.2 cm³/mol. The minimum Gasteiger partial charge on any atom is -0.357 e. The van der Waals surface area contributed by atoms with Crippen molar-refractivity contribution in [1.82, 2.24) is 25.3 Å². The van der Waals surface area contributed by atoms with Crippen LogP contribution in [0.3, 0.4) is 0 Å². The van der Waals surface area contributed by atoms with E-state index in [1.807, 2.05) is 18.3 Å². The summed E-state index contributed by atoms with van der Waals surface area (Å²) in [6.07, 6.45) is 4.33. The van der Waals surface area contributed by atoms with E-state index in [1.54, 1.807) is 0 Å². The van der Waals surface area contributed by atoms with Gasteiger partial charge in [-0.3, -0.25) is 4.90 Å². The van der Waals surface area contributed by atoms with Crippen molar-refractivity contribution in [3.8, 4) is 11.5 Å². The summed E-state index contributed by atoms with van der Waals surface area (Å²) in [5.41, 5.74) is 0.873. The first kappa shape index (κ1) is 14.6. The lowest BCUT2D eigenvalue weighted by molar-refractivity contribution is 0.190. The molecule has 2 aliphatic heterocycles. The Hall–Kier alpha value is -1.99. The first-order valence-corrected chi connectivity index (χ1v) is 8.27. The van der Waals surface area contributed by atoms with Gasteiger partial charge in [-0.1, -0.05) is 5.16 Å². The van der Waals surface area contributed by atoms with Gasteiger partial charge < -0.3 is 14.7 Å². The molecule has 122 valence electrons. The molecule has 23 heavy (non-hydrogen) atoms. The quantitative estimate of drug-likeness (QED) is 0.916. The molecule has 2 aliphatic rings. The van der Waals surface area contributed by atoms with Crippen LogP contribution in [0.2, 0.25) is 0 Å². The van der Waals surface area contributed by atoms with Gasteiger partial charge in [0.1, 0.15) is 5.82 Å². The van der Waals surface area contributed by atoms with Crippen molar-refractivity contribution in [2.24, 2.45) is 0 Å². The van der Waals surface area contributed by atoms with Crippen molar-refractivity contribution >= 4 is 5.82 Å². The monoisotopic (exact) mass is 314 g/mol. The third-order valence-corrected chi connectivity index (χ3v) is 4.68. The first-order valence-electron chi connectivity index (χ1n) is 8.27. The smallest absolute Gasteiger partial charge is 0.259 e. The molecule has 0 amide bonds. The molecule has 1 N–H and O–H groups in total. The number of anilines is 1. The van der Waals surface area contributed by atoms with Gasteiger partial charge in [0.15, 0.2) is 5.82 Å². The summed E-state index contributed by atoms with van der Waals surface area (Å²) in [6.45, 7) is 5.03. The Morgan fingerprint density at radius 1 is 1.22 bits per heavy atom. The molecular formula is C16H22N6O. The molecule has 1 atom stereocenters. The van der Waals surface area contributed by atoms with E-state index in [1.165, 1.54) is 12.8 Å². The van der Waals surface area contributed by atoms with Gasteiger partial charge >= 0.3 is 0 Å². The summed E-state index contributed by atoms with van der Waals surface area (Å²) < 4.78 is 5.45. The van der Waals surface area contributed by atoms with Crippen LogP contribution in [-0.4, -0.2) is 59.8 Å². The van der Waals surface area contributed by atoms with Crippen LogP contribution in [0.4, 0.5) is 5.82 Å². The van der Waals surface area contributed by atoms with Crippen LogP contribution in [-0.2, 0) is 0 Å². The van der Waals surface area contributed by atoms with Crippen LogP contribution in [0.25, 0.3) is 11.5 Å². The molecule has 7 heteroatoms. The van der Waals surface area contributed by atoms with Crippen molar-refractivity contribution in [3.63, 3.8) is 0 Å². The topological polar surface area (TPSA) is 70.3 Å². The summed E-state index contributed by atoms with van der Waals surface area (Å²) in [4.78, 5) is 13.7. The highest BCUT2D eigenvalue weighted by Crippen LogP contribution is 2.24. The fourth-order valence-electron chi connectivity index (χ4n) is 3.23. The second-order valence-electron chi connectivity index (χ2n) is 6.26. The Morgan fingerprint density at radius 2 is 2.09 bits per heavy atom. The molecule has 2 aromatic rings. The zero-order chi connectivity index (χ0) is 15.6. The normalized spacial score (nSPS) is 22.7. The number of nitrogens with one attached hydrogen (secondary N) is 1. The molecule has 0 aliphatic carbocycles. The van der Waals surface area contributed by atoms with Gasteiger partial charge in [0, 0.05) is 38.9 Å². The maximum atomic E-state index is 5.45. The number of nitrogens with zero attached hydrogens (tertiary/aromatic N) is 5. The largest absolute Gasteiger partial charge is 0.357 e. The van der Waals surface area contributed by atoms with E-state index in [2.05, 4.69) is 37.3 Å². The molecule has 0 spiro atoms. The van der Waals surface area contributed by atoms with Crippen molar-refractivity contribution in [2.45, 2.75) is 18.9 Å². The summed E-state index contributed by atoms with van der Waals surface area (Å²) in [6, 6.07) is 4.22. The molecule has 0 bridgehead atoms. The number of likely N-dealkylation sites (N-methyl/N-ethyl adjacent to an activating group) is 1. The predicted octanol–water partition coefficient (Wildman–Crippen LogP) is 1.31. The van der Waals surface area contributed by atoms with Gasteiger partial charge in [-0.15, -0.1) is 0 Å². The van der Waals surface area contributed by atoms with Gasteiger partial charge in [0.2, 0.25) is 0 Å². The Bertz CT molecular complexity index is 649. The van der Waals surface area contributed by atoms with Crippen LogP contribution in [0.5, 0.6) is 0 Å². The zero-order valence-electron chi connectivity index (χ0n) is 13.4. The molecule has 0 saturated carbocycles. The number of rotatable bonds is 3. The van der Waals surface area contributed by atoms with E-state index in [4.69, 9.17) is 4.52 Å². The third-order valence-electron chi connectivity index (χ3n) is 4.68. The highest BCUT2D eigenvalue weighted by atomic mass is 16.5. The van der Waals surface area contributed by atoms with E-state index in [0.717, 1.165) is 49.9 Å². The van der Waals surface area contributed by atoms with E-state index < -0.39 is 0 Å². The Balaban J connectivity index is 1.52. The van der Waals surface area contributed by atoms with Crippen LogP contribution in [0.15, 0.2) is 22.9 Å². The van der Waals surface area contributed by atoms with Crippen molar-refractivity contribution in [1.29, 1.82) is 0 Å². The maximum absolute atomic E-state index is 5.45. The van der Waals surface area contributed by atoms with Crippen LogP contribution in [0, 0.1) is 0 Å². The summed E-state index contributed by atoms with van der Waals surface area (Å²) >= 11 is 0. The highest BCUT2D eigenvalue weighted by molar-refractivity contribution is 5.54. The van der Waals surface area contributed by atoms with E-state index >= 15 is 0 Å². The van der Waals surface area contributed by atoms with Crippen LogP contribution >= 0.6 is 0 Å². The fraction of sp³-hybridized carbons (Fsp3) is 0.562. The SMILES string of the molecule is CN1CCNCC1c1noc(-c2ccc(N3CCCC3)nc2)n1. The van der Waals surface area contributed by atoms with Gasteiger partial charge in [0.05, 0.1) is 11.6 Å². The molecule has 0 radical (unpaired) electrons. The van der Waals surface area contributed by atoms with E-state index in [-0.39, 0.29) is 6.04 Å². The lowest BCUT2D eigenvalue weighted by Gasteiger charge is -2.30. The molecule has 0 aromatic carbocycles. The average Bonchev–Trinajstić information content (AvgIpc) is 3.27. The summed E-state index contributed by atoms with van der Waals surface area (Å²) in [5.74, 6) is 2.31. The second-order valence-corrected chi connectivity index (χ2v) is 6.26. The Morgan fingerprint density at radius 3 is 2.83 bits per heavy atom. The third kappa shape index (κ3) is 2.94. The summed E-state index contributed by atoms with van der Waals surface area (Å²) in [5, 5.41) is 7.53. The lowest BCUT2D eigenvalue weighted by Crippen LogP contribution is -2.44. The molecule has 2 fully saturated rings. The van der Waals surface area contributed by atoms with Gasteiger partial charge in [-0.05, 0) is 32.0 Å². The van der Waals surface area contributed by atoms with Crippen molar-refractivity contribution in [3.05, 3.63) is 24.2 Å². The lowest BCUT2D eigenvalue weighted by atomic mass is 10.2. The van der Waals surface area contributed by atoms with E-state index in [0.29, 0.717) is 5.89 Å². The molecule has 1 unspecified atom stereocenters. The Kier molecular flexibility index (Phi) is 3.97. The maximum Gasteiger partial charge on any atom is 0.259 e. The molecule has 2 saturated heterocycles. The number of pyridine rings is 1. The molecule has 2 aromatic heterocycles. The fourth-order valence-corrected chi connectivity index (χ4v) is 3.23. The van der Waals surface area contributed by atoms with Gasteiger partial charge in [0.25, 0.3) is 5.89 Å². The number of hydrogen-bond acceptors (Lipinski definition) is 7. The van der Waals surface area contributed by atoms with Gasteiger partial charge in [-0.2, -0.15) is 4.98 Å². The molecule has 4 rings (SSSR count). The van der Waals surface area contributed by atoms with Crippen molar-refractivity contribution in [2.75, 3.05) is 44.7 Å². The van der Waals surface area contributed by atoms with Crippen LogP contribution < -0.4 is 10.2 Å². The average molecular weight is 314 g/mol. The number of aromatic nitrogens is 3. The van der Waals surface area contributed by atoms with Crippen molar-refractivity contribution < 1.29 is 4.52 Å². The Labute approximate surface area is 135 Å². The zero-order valence-corrected chi connectivity index (χ0v) is 13.4. The van der Waals surface area contributed by atoms with Gasteiger partial charge in [-0.25, -0.2) is 4.98 Å². The molecule has 4 heterocycles. The molecular weight excluding hydrogens is 292 g/mol. The first-order chi connectivity index (χ1) is 11.3. The van der Waals surface area contributed by atoms with Crippen LogP contribution in [0.1, 0.15) is 24.7 Å². The molecule has 7 nitrogen and oxygen atoms in total. The standard InChI is InChI=1S/C16H22N6O/c1-21-9-6-17-11-13(21)15-19-16(23-20-15)12-4-5-14(18-10-12)22-7-2-3-8-22/h4-5,10,13,17H,2-3,6-9,11H2,1H3. The number of hydrogen-bond donors (Lipinski definition) is 1.